The summed E-state index contributed by atoms with van der Waals surface area (Å²) in [4.78, 5) is 14.6. The zero-order chi connectivity index (χ0) is 20.6. The standard InChI is InChI=1S/C23H27N5O/c1-4-17-7-11-19(12-8-17)21-15-22(26-25-21)23(29)27-24-16-18-9-13-20(14-10-18)28(5-2)6-3/h7-16H,4-6H2,1-3H3,(H,25,26)(H,27,29)/b24-16+. The van der Waals surface area contributed by atoms with Crippen LogP contribution in [0.15, 0.2) is 59.7 Å². The van der Waals surface area contributed by atoms with Gasteiger partial charge in [-0.3, -0.25) is 9.89 Å². The Kier molecular flexibility index (Phi) is 6.79. The molecule has 0 spiro atoms. The summed E-state index contributed by atoms with van der Waals surface area (Å²) in [5.74, 6) is -0.329. The van der Waals surface area contributed by atoms with Crippen molar-refractivity contribution in [1.82, 2.24) is 15.6 Å². The minimum atomic E-state index is -0.329. The Bertz CT molecular complexity index is 954. The number of carbonyl (C=O) groups is 1. The van der Waals surface area contributed by atoms with E-state index >= 15 is 0 Å². The first-order chi connectivity index (χ1) is 14.1. The highest BCUT2D eigenvalue weighted by atomic mass is 16.2. The second-order valence-corrected chi connectivity index (χ2v) is 6.68. The quantitative estimate of drug-likeness (QED) is 0.447. The Hall–Kier alpha value is -3.41. The maximum Gasteiger partial charge on any atom is 0.289 e. The molecular formula is C23H27N5O. The fraction of sp³-hybridized carbons (Fsp3) is 0.261. The molecule has 0 saturated carbocycles. The summed E-state index contributed by atoms with van der Waals surface area (Å²) in [6.07, 6.45) is 2.62. The van der Waals surface area contributed by atoms with E-state index < -0.39 is 0 Å². The highest BCUT2D eigenvalue weighted by molar-refractivity contribution is 5.94. The van der Waals surface area contributed by atoms with Crippen LogP contribution in [0.3, 0.4) is 0 Å². The lowest BCUT2D eigenvalue weighted by Crippen LogP contribution is -2.21. The maximum absolute atomic E-state index is 12.3. The number of H-pyrrole nitrogens is 1. The fourth-order valence-electron chi connectivity index (χ4n) is 3.08. The van der Waals surface area contributed by atoms with Gasteiger partial charge < -0.3 is 4.90 Å². The molecule has 0 unspecified atom stereocenters. The van der Waals surface area contributed by atoms with E-state index in [2.05, 4.69) is 70.7 Å². The van der Waals surface area contributed by atoms with E-state index in [1.54, 1.807) is 12.3 Å². The third kappa shape index (κ3) is 5.10. The van der Waals surface area contributed by atoms with Crippen molar-refractivity contribution in [1.29, 1.82) is 0 Å². The molecule has 1 aromatic heterocycles. The van der Waals surface area contributed by atoms with Gasteiger partial charge in [0.2, 0.25) is 0 Å². The van der Waals surface area contributed by atoms with Crippen molar-refractivity contribution >= 4 is 17.8 Å². The van der Waals surface area contributed by atoms with Crippen LogP contribution in [0.2, 0.25) is 0 Å². The molecule has 6 nitrogen and oxygen atoms in total. The van der Waals surface area contributed by atoms with E-state index in [1.165, 1.54) is 11.3 Å². The molecule has 0 fully saturated rings. The van der Waals surface area contributed by atoms with Gasteiger partial charge in [-0.25, -0.2) is 5.43 Å². The lowest BCUT2D eigenvalue weighted by molar-refractivity contribution is 0.0950. The van der Waals surface area contributed by atoms with Gasteiger partial charge in [0.1, 0.15) is 5.69 Å². The number of anilines is 1. The van der Waals surface area contributed by atoms with Crippen LogP contribution in [0.1, 0.15) is 42.4 Å². The van der Waals surface area contributed by atoms with Gasteiger partial charge in [0.05, 0.1) is 11.9 Å². The summed E-state index contributed by atoms with van der Waals surface area (Å²) >= 11 is 0. The van der Waals surface area contributed by atoms with Gasteiger partial charge in [-0.05, 0) is 49.6 Å². The molecule has 1 heterocycles. The molecule has 0 saturated heterocycles. The predicted molar refractivity (Wildman–Crippen MR) is 118 cm³/mol. The molecule has 29 heavy (non-hydrogen) atoms. The summed E-state index contributed by atoms with van der Waals surface area (Å²) in [5, 5.41) is 11.1. The van der Waals surface area contributed by atoms with Crippen molar-refractivity contribution in [3.8, 4) is 11.3 Å². The van der Waals surface area contributed by atoms with E-state index in [9.17, 15) is 4.79 Å². The van der Waals surface area contributed by atoms with Gasteiger partial charge in [0, 0.05) is 24.3 Å². The molecule has 0 aliphatic carbocycles. The molecule has 6 heteroatoms. The Balaban J connectivity index is 1.60. The molecular weight excluding hydrogens is 362 g/mol. The van der Waals surface area contributed by atoms with E-state index in [0.29, 0.717) is 5.69 Å². The number of nitrogens with zero attached hydrogens (tertiary/aromatic N) is 3. The topological polar surface area (TPSA) is 73.4 Å². The second kappa shape index (κ2) is 9.68. The van der Waals surface area contributed by atoms with E-state index in [-0.39, 0.29) is 5.91 Å². The van der Waals surface area contributed by atoms with Crippen LogP contribution in [0.25, 0.3) is 11.3 Å². The summed E-state index contributed by atoms with van der Waals surface area (Å²) in [6, 6.07) is 18.0. The summed E-state index contributed by atoms with van der Waals surface area (Å²) < 4.78 is 0. The number of aromatic nitrogens is 2. The van der Waals surface area contributed by atoms with Gasteiger partial charge in [0.15, 0.2) is 0 Å². The van der Waals surface area contributed by atoms with Crippen LogP contribution in [0, 0.1) is 0 Å². The lowest BCUT2D eigenvalue weighted by atomic mass is 10.1. The highest BCUT2D eigenvalue weighted by Gasteiger charge is 2.10. The lowest BCUT2D eigenvalue weighted by Gasteiger charge is -2.20. The van der Waals surface area contributed by atoms with Gasteiger partial charge in [0.25, 0.3) is 5.91 Å². The van der Waals surface area contributed by atoms with E-state index in [4.69, 9.17) is 0 Å². The number of aromatic amines is 1. The first kappa shape index (κ1) is 20.3. The number of carbonyl (C=O) groups excluding carboxylic acids is 1. The SMILES string of the molecule is CCc1ccc(-c2cc(C(=O)N/N=C/c3ccc(N(CC)CC)cc3)[nH]n2)cc1. The van der Waals surface area contributed by atoms with Crippen molar-refractivity contribution in [2.75, 3.05) is 18.0 Å². The Morgan fingerprint density at radius 2 is 1.76 bits per heavy atom. The molecule has 3 rings (SSSR count). The highest BCUT2D eigenvalue weighted by Crippen LogP contribution is 2.18. The zero-order valence-corrected chi connectivity index (χ0v) is 17.1. The van der Waals surface area contributed by atoms with Crippen molar-refractivity contribution in [3.05, 3.63) is 71.4 Å². The number of nitrogens with one attached hydrogen (secondary N) is 2. The van der Waals surface area contributed by atoms with E-state index in [1.807, 2.05) is 24.3 Å². The van der Waals surface area contributed by atoms with Crippen LogP contribution < -0.4 is 10.3 Å². The monoisotopic (exact) mass is 389 g/mol. The van der Waals surface area contributed by atoms with Gasteiger partial charge >= 0.3 is 0 Å². The normalized spacial score (nSPS) is 11.0. The number of rotatable bonds is 8. The third-order valence-corrected chi connectivity index (χ3v) is 4.88. The summed E-state index contributed by atoms with van der Waals surface area (Å²) in [5.41, 5.74) is 7.96. The first-order valence-electron chi connectivity index (χ1n) is 9.97. The summed E-state index contributed by atoms with van der Waals surface area (Å²) in [7, 11) is 0. The van der Waals surface area contributed by atoms with Crippen LogP contribution >= 0.6 is 0 Å². The zero-order valence-electron chi connectivity index (χ0n) is 17.1. The number of amides is 1. The molecule has 0 bridgehead atoms. The Morgan fingerprint density at radius 1 is 1.07 bits per heavy atom. The average molecular weight is 390 g/mol. The minimum absolute atomic E-state index is 0.329. The largest absolute Gasteiger partial charge is 0.372 e. The van der Waals surface area contributed by atoms with Crippen molar-refractivity contribution in [2.24, 2.45) is 5.10 Å². The molecule has 2 aromatic carbocycles. The number of hydrazone groups is 1. The van der Waals surface area contributed by atoms with Gasteiger partial charge in [-0.1, -0.05) is 43.3 Å². The molecule has 0 aliphatic heterocycles. The maximum atomic E-state index is 12.3. The van der Waals surface area contributed by atoms with Crippen LogP contribution in [-0.4, -0.2) is 35.4 Å². The predicted octanol–water partition coefficient (Wildman–Crippen LogP) is 4.25. The molecule has 3 aromatic rings. The van der Waals surface area contributed by atoms with Crippen LogP contribution in [0.5, 0.6) is 0 Å². The van der Waals surface area contributed by atoms with E-state index in [0.717, 1.165) is 36.3 Å². The second-order valence-electron chi connectivity index (χ2n) is 6.68. The van der Waals surface area contributed by atoms with Crippen molar-refractivity contribution in [3.63, 3.8) is 0 Å². The van der Waals surface area contributed by atoms with Gasteiger partial charge in [-0.2, -0.15) is 10.2 Å². The number of hydrogen-bond donors (Lipinski definition) is 2. The molecule has 2 N–H and O–H groups in total. The van der Waals surface area contributed by atoms with Crippen LogP contribution in [0.4, 0.5) is 5.69 Å². The molecule has 0 atom stereocenters. The number of hydrogen-bond acceptors (Lipinski definition) is 4. The smallest absolute Gasteiger partial charge is 0.289 e. The molecule has 150 valence electrons. The Labute approximate surface area is 171 Å². The Morgan fingerprint density at radius 3 is 2.38 bits per heavy atom. The van der Waals surface area contributed by atoms with Gasteiger partial charge in [-0.15, -0.1) is 0 Å². The molecule has 0 radical (unpaired) electrons. The summed E-state index contributed by atoms with van der Waals surface area (Å²) in [6.45, 7) is 8.32. The van der Waals surface area contributed by atoms with Crippen molar-refractivity contribution < 1.29 is 4.79 Å². The first-order valence-corrected chi connectivity index (χ1v) is 9.97. The van der Waals surface area contributed by atoms with Crippen LogP contribution in [-0.2, 0) is 6.42 Å². The molecule has 1 amide bonds. The molecule has 0 aliphatic rings. The minimum Gasteiger partial charge on any atom is -0.372 e. The third-order valence-electron chi connectivity index (χ3n) is 4.88. The fourth-order valence-corrected chi connectivity index (χ4v) is 3.08. The number of aryl methyl sites for hydroxylation is 1. The number of benzene rings is 2. The van der Waals surface area contributed by atoms with Crippen molar-refractivity contribution in [2.45, 2.75) is 27.2 Å². The average Bonchev–Trinajstić information content (AvgIpc) is 3.26.